The van der Waals surface area contributed by atoms with Crippen molar-refractivity contribution in [3.63, 3.8) is 0 Å². The number of Topliss-reactive ketones (excluding diaryl/α,β-unsaturated/α-hetero) is 1. The van der Waals surface area contributed by atoms with Crippen LogP contribution in [-0.4, -0.2) is 16.5 Å². The van der Waals surface area contributed by atoms with Gasteiger partial charge in [0, 0.05) is 10.4 Å². The lowest BCUT2D eigenvalue weighted by Crippen LogP contribution is -2.49. The SMILES string of the molecule is C[C@@]1(O)CCC2C(=O)C1Cc1cc(Br)ccc12. The third-order valence-electron chi connectivity index (χ3n) is 4.28. The molecule has 1 aromatic carbocycles. The number of ketones is 1. The Hall–Kier alpha value is -0.670. The van der Waals surface area contributed by atoms with Crippen molar-refractivity contribution in [3.8, 4) is 0 Å². The molecule has 0 spiro atoms. The van der Waals surface area contributed by atoms with Gasteiger partial charge in [-0.15, -0.1) is 0 Å². The van der Waals surface area contributed by atoms with Gasteiger partial charge in [-0.05, 0) is 49.4 Å². The summed E-state index contributed by atoms with van der Waals surface area (Å²) in [4.78, 5) is 12.3. The van der Waals surface area contributed by atoms with Crippen LogP contribution < -0.4 is 0 Å². The lowest BCUT2D eigenvalue weighted by atomic mass is 9.62. The van der Waals surface area contributed by atoms with E-state index in [0.717, 1.165) is 17.3 Å². The van der Waals surface area contributed by atoms with E-state index in [1.807, 2.05) is 6.07 Å². The summed E-state index contributed by atoms with van der Waals surface area (Å²) >= 11 is 3.47. The van der Waals surface area contributed by atoms with E-state index >= 15 is 0 Å². The lowest BCUT2D eigenvalue weighted by Gasteiger charge is -2.43. The number of hydrogen-bond acceptors (Lipinski definition) is 2. The highest BCUT2D eigenvalue weighted by molar-refractivity contribution is 9.10. The minimum absolute atomic E-state index is 0.0112. The summed E-state index contributed by atoms with van der Waals surface area (Å²) in [6.45, 7) is 1.80. The van der Waals surface area contributed by atoms with Crippen molar-refractivity contribution in [2.75, 3.05) is 0 Å². The van der Waals surface area contributed by atoms with Crippen LogP contribution in [0.3, 0.4) is 0 Å². The second-order valence-electron chi connectivity index (χ2n) is 5.45. The normalized spacial score (nSPS) is 35.6. The minimum Gasteiger partial charge on any atom is -0.389 e. The van der Waals surface area contributed by atoms with Gasteiger partial charge in [0.2, 0.25) is 0 Å². The number of carbonyl (C=O) groups excluding carboxylic acids is 1. The molecule has 2 aliphatic rings. The second-order valence-corrected chi connectivity index (χ2v) is 6.37. The molecular weight excluding hydrogens is 280 g/mol. The summed E-state index contributed by atoms with van der Waals surface area (Å²) < 4.78 is 1.04. The largest absolute Gasteiger partial charge is 0.389 e. The van der Waals surface area contributed by atoms with E-state index < -0.39 is 5.60 Å². The highest BCUT2D eigenvalue weighted by Gasteiger charge is 2.48. The number of benzene rings is 1. The minimum atomic E-state index is -0.826. The summed E-state index contributed by atoms with van der Waals surface area (Å²) in [6.07, 6.45) is 2.18. The number of aliphatic hydroxyl groups is 1. The maximum Gasteiger partial charge on any atom is 0.146 e. The Labute approximate surface area is 109 Å². The molecule has 1 saturated carbocycles. The Bertz CT molecular complexity index is 493. The molecule has 3 heteroatoms. The molecular formula is C14H15BrO2. The fourth-order valence-electron chi connectivity index (χ4n) is 3.24. The van der Waals surface area contributed by atoms with Gasteiger partial charge in [0.05, 0.1) is 11.5 Å². The van der Waals surface area contributed by atoms with E-state index in [2.05, 4.69) is 28.1 Å². The molecule has 1 aromatic rings. The number of halogens is 1. The smallest absolute Gasteiger partial charge is 0.146 e. The Kier molecular flexibility index (Phi) is 2.46. The van der Waals surface area contributed by atoms with Crippen LogP contribution in [-0.2, 0) is 11.2 Å². The molecule has 0 amide bonds. The highest BCUT2D eigenvalue weighted by atomic mass is 79.9. The van der Waals surface area contributed by atoms with Crippen molar-refractivity contribution in [3.05, 3.63) is 33.8 Å². The Balaban J connectivity index is 2.12. The van der Waals surface area contributed by atoms with Crippen LogP contribution >= 0.6 is 15.9 Å². The summed E-state index contributed by atoms with van der Waals surface area (Å²) in [5.74, 6) is 0.0243. The van der Waals surface area contributed by atoms with Gasteiger partial charge in [-0.25, -0.2) is 0 Å². The fraction of sp³-hybridized carbons (Fsp3) is 0.500. The quantitative estimate of drug-likeness (QED) is 0.799. The lowest BCUT2D eigenvalue weighted by molar-refractivity contribution is -0.139. The van der Waals surface area contributed by atoms with Crippen LogP contribution in [0.4, 0.5) is 0 Å². The zero-order valence-electron chi connectivity index (χ0n) is 9.74. The van der Waals surface area contributed by atoms with Crippen LogP contribution in [0.2, 0.25) is 0 Å². The molecule has 2 bridgehead atoms. The summed E-state index contributed by atoms with van der Waals surface area (Å²) in [5, 5.41) is 10.3. The maximum absolute atomic E-state index is 12.3. The molecule has 2 nitrogen and oxygen atoms in total. The van der Waals surface area contributed by atoms with Crippen molar-refractivity contribution < 1.29 is 9.90 Å². The van der Waals surface area contributed by atoms with Gasteiger partial charge in [0.15, 0.2) is 0 Å². The van der Waals surface area contributed by atoms with Gasteiger partial charge in [0.25, 0.3) is 0 Å². The molecule has 1 fully saturated rings. The van der Waals surface area contributed by atoms with Gasteiger partial charge >= 0.3 is 0 Å². The standard InChI is InChI=1S/C14H15BrO2/c1-14(17)5-4-11-10-3-2-9(15)6-8(10)7-12(14)13(11)16/h2-3,6,11-12,17H,4-5,7H2,1H3/t11?,12?,14-/m1/s1. The van der Waals surface area contributed by atoms with Crippen molar-refractivity contribution in [2.45, 2.75) is 37.7 Å². The highest BCUT2D eigenvalue weighted by Crippen LogP contribution is 2.46. The zero-order valence-corrected chi connectivity index (χ0v) is 11.3. The number of carbonyl (C=O) groups is 1. The summed E-state index contributed by atoms with van der Waals surface area (Å²) in [6, 6.07) is 6.14. The van der Waals surface area contributed by atoms with E-state index in [4.69, 9.17) is 0 Å². The number of hydrogen-bond donors (Lipinski definition) is 1. The number of rotatable bonds is 0. The van der Waals surface area contributed by atoms with Gasteiger partial charge in [-0.1, -0.05) is 22.0 Å². The molecule has 2 aliphatic carbocycles. The molecule has 0 heterocycles. The molecule has 3 atom stereocenters. The third kappa shape index (κ3) is 1.67. The molecule has 90 valence electrons. The van der Waals surface area contributed by atoms with Crippen LogP contribution in [0, 0.1) is 5.92 Å². The zero-order chi connectivity index (χ0) is 12.2. The number of fused-ring (bicyclic) bond motifs is 4. The Morgan fingerprint density at radius 2 is 2.24 bits per heavy atom. The van der Waals surface area contributed by atoms with Crippen molar-refractivity contribution >= 4 is 21.7 Å². The third-order valence-corrected chi connectivity index (χ3v) is 4.77. The Morgan fingerprint density at radius 3 is 3.00 bits per heavy atom. The van der Waals surface area contributed by atoms with Gasteiger partial charge < -0.3 is 5.11 Å². The fourth-order valence-corrected chi connectivity index (χ4v) is 3.65. The molecule has 0 radical (unpaired) electrons. The predicted molar refractivity (Wildman–Crippen MR) is 68.9 cm³/mol. The molecule has 2 unspecified atom stereocenters. The van der Waals surface area contributed by atoms with Gasteiger partial charge in [-0.2, -0.15) is 0 Å². The topological polar surface area (TPSA) is 37.3 Å². The Morgan fingerprint density at radius 1 is 1.47 bits per heavy atom. The first-order valence-corrected chi connectivity index (χ1v) is 6.83. The van der Waals surface area contributed by atoms with Crippen LogP contribution in [0.1, 0.15) is 36.8 Å². The van der Waals surface area contributed by atoms with E-state index in [1.165, 1.54) is 11.1 Å². The van der Waals surface area contributed by atoms with E-state index in [0.29, 0.717) is 6.42 Å². The van der Waals surface area contributed by atoms with Crippen molar-refractivity contribution in [1.29, 1.82) is 0 Å². The van der Waals surface area contributed by atoms with Gasteiger partial charge in [0.1, 0.15) is 5.78 Å². The van der Waals surface area contributed by atoms with Crippen molar-refractivity contribution in [2.24, 2.45) is 5.92 Å². The summed E-state index contributed by atoms with van der Waals surface area (Å²) in [5.41, 5.74) is 1.56. The first-order chi connectivity index (χ1) is 7.99. The molecule has 3 rings (SSSR count). The van der Waals surface area contributed by atoms with Crippen LogP contribution in [0.5, 0.6) is 0 Å². The first-order valence-electron chi connectivity index (χ1n) is 6.03. The molecule has 17 heavy (non-hydrogen) atoms. The average molecular weight is 295 g/mol. The predicted octanol–water partition coefficient (Wildman–Crippen LogP) is 2.82. The van der Waals surface area contributed by atoms with E-state index in [9.17, 15) is 9.90 Å². The molecule has 0 aliphatic heterocycles. The van der Waals surface area contributed by atoms with Crippen LogP contribution in [0.15, 0.2) is 22.7 Å². The van der Waals surface area contributed by atoms with Gasteiger partial charge in [-0.3, -0.25) is 4.79 Å². The molecule has 1 N–H and O–H groups in total. The van der Waals surface area contributed by atoms with E-state index in [-0.39, 0.29) is 17.6 Å². The molecule has 0 saturated heterocycles. The first kappa shape index (κ1) is 11.4. The maximum atomic E-state index is 12.3. The van der Waals surface area contributed by atoms with Crippen LogP contribution in [0.25, 0.3) is 0 Å². The average Bonchev–Trinajstić information content (AvgIpc) is 2.25. The van der Waals surface area contributed by atoms with Crippen molar-refractivity contribution in [1.82, 2.24) is 0 Å². The second kappa shape index (κ2) is 3.66. The van der Waals surface area contributed by atoms with E-state index in [1.54, 1.807) is 6.92 Å². The summed E-state index contributed by atoms with van der Waals surface area (Å²) in [7, 11) is 0. The molecule has 0 aromatic heterocycles. The monoisotopic (exact) mass is 294 g/mol.